The zero-order valence-electron chi connectivity index (χ0n) is 10.6. The SMILES string of the molecule is O=S1CCN(Cc2csc(C3CCCC3)n2)CC1. The molecule has 2 heterocycles. The largest absolute Gasteiger partial charge is 0.296 e. The van der Waals surface area contributed by atoms with Gasteiger partial charge in [-0.2, -0.15) is 0 Å². The standard InChI is InChI=1S/C13H20N2OS2/c16-18-7-5-15(6-8-18)9-12-10-17-13(14-12)11-3-1-2-4-11/h10-11H,1-9H2. The third-order valence-electron chi connectivity index (χ3n) is 3.93. The van der Waals surface area contributed by atoms with Crippen molar-refractivity contribution in [3.05, 3.63) is 16.1 Å². The highest BCUT2D eigenvalue weighted by atomic mass is 32.2. The Morgan fingerprint density at radius 1 is 1.33 bits per heavy atom. The highest BCUT2D eigenvalue weighted by Gasteiger charge is 2.21. The fraction of sp³-hybridized carbons (Fsp3) is 0.769. The van der Waals surface area contributed by atoms with Crippen LogP contribution in [0.4, 0.5) is 0 Å². The van der Waals surface area contributed by atoms with E-state index < -0.39 is 10.8 Å². The first-order valence-electron chi connectivity index (χ1n) is 6.83. The van der Waals surface area contributed by atoms with Gasteiger partial charge in [-0.3, -0.25) is 9.11 Å². The first-order chi connectivity index (χ1) is 8.81. The normalized spacial score (nSPS) is 23.8. The molecule has 3 rings (SSSR count). The topological polar surface area (TPSA) is 33.2 Å². The second-order valence-electron chi connectivity index (χ2n) is 5.28. The molecule has 18 heavy (non-hydrogen) atoms. The summed E-state index contributed by atoms with van der Waals surface area (Å²) < 4.78 is 11.3. The second kappa shape index (κ2) is 5.80. The molecule has 1 saturated heterocycles. The van der Waals surface area contributed by atoms with Gasteiger partial charge in [-0.15, -0.1) is 11.3 Å². The first kappa shape index (κ1) is 12.8. The molecule has 0 spiro atoms. The molecule has 1 aromatic heterocycles. The van der Waals surface area contributed by atoms with Gasteiger partial charge in [0.15, 0.2) is 0 Å². The summed E-state index contributed by atoms with van der Waals surface area (Å²) in [5, 5.41) is 3.57. The van der Waals surface area contributed by atoms with Crippen molar-refractivity contribution < 1.29 is 4.21 Å². The molecular formula is C13H20N2OS2. The Hall–Kier alpha value is -0.260. The Bertz CT molecular complexity index is 416. The van der Waals surface area contributed by atoms with E-state index in [0.29, 0.717) is 0 Å². The van der Waals surface area contributed by atoms with Crippen molar-refractivity contribution in [1.29, 1.82) is 0 Å². The van der Waals surface area contributed by atoms with Crippen molar-refractivity contribution in [2.75, 3.05) is 24.6 Å². The van der Waals surface area contributed by atoms with Gasteiger partial charge >= 0.3 is 0 Å². The number of hydrogen-bond acceptors (Lipinski definition) is 4. The molecule has 3 nitrogen and oxygen atoms in total. The fourth-order valence-corrected chi connectivity index (χ4v) is 4.93. The summed E-state index contributed by atoms with van der Waals surface area (Å²) in [7, 11) is -0.575. The van der Waals surface area contributed by atoms with E-state index in [9.17, 15) is 4.21 Å². The third kappa shape index (κ3) is 3.00. The lowest BCUT2D eigenvalue weighted by Gasteiger charge is -2.25. The van der Waals surface area contributed by atoms with Crippen molar-refractivity contribution >= 4 is 22.1 Å². The maximum Gasteiger partial charge on any atom is 0.0959 e. The van der Waals surface area contributed by atoms with Crippen molar-refractivity contribution in [1.82, 2.24) is 9.88 Å². The van der Waals surface area contributed by atoms with Crippen LogP contribution in [0.3, 0.4) is 0 Å². The van der Waals surface area contributed by atoms with Crippen LogP contribution < -0.4 is 0 Å². The highest BCUT2D eigenvalue weighted by molar-refractivity contribution is 7.85. The first-order valence-corrected chi connectivity index (χ1v) is 9.19. The number of nitrogens with zero attached hydrogens (tertiary/aromatic N) is 2. The third-order valence-corrected chi connectivity index (χ3v) is 6.26. The van der Waals surface area contributed by atoms with Crippen LogP contribution in [0.5, 0.6) is 0 Å². The molecule has 100 valence electrons. The Morgan fingerprint density at radius 3 is 2.78 bits per heavy atom. The van der Waals surface area contributed by atoms with Crippen molar-refractivity contribution in [3.8, 4) is 0 Å². The Balaban J connectivity index is 1.58. The lowest BCUT2D eigenvalue weighted by Crippen LogP contribution is -2.37. The van der Waals surface area contributed by atoms with Crippen LogP contribution in [0.1, 0.15) is 42.3 Å². The summed E-state index contributed by atoms with van der Waals surface area (Å²) in [6, 6.07) is 0. The maximum absolute atomic E-state index is 11.3. The van der Waals surface area contributed by atoms with Crippen molar-refractivity contribution in [2.45, 2.75) is 38.1 Å². The van der Waals surface area contributed by atoms with Crippen molar-refractivity contribution in [2.24, 2.45) is 0 Å². The van der Waals surface area contributed by atoms with Gasteiger partial charge in [0.2, 0.25) is 0 Å². The summed E-state index contributed by atoms with van der Waals surface area (Å²) in [6.45, 7) is 2.87. The van der Waals surface area contributed by atoms with E-state index in [1.165, 1.54) is 36.4 Å². The zero-order valence-corrected chi connectivity index (χ0v) is 12.3. The van der Waals surface area contributed by atoms with Gasteiger partial charge in [0.1, 0.15) is 0 Å². The molecule has 5 heteroatoms. The summed E-state index contributed by atoms with van der Waals surface area (Å²) in [5.41, 5.74) is 1.22. The van der Waals surface area contributed by atoms with Gasteiger partial charge < -0.3 is 0 Å². The van der Waals surface area contributed by atoms with E-state index in [1.54, 1.807) is 0 Å². The zero-order chi connectivity index (χ0) is 12.4. The van der Waals surface area contributed by atoms with E-state index in [0.717, 1.165) is 37.1 Å². The minimum Gasteiger partial charge on any atom is -0.296 e. The molecular weight excluding hydrogens is 264 g/mol. The molecule has 0 amide bonds. The van der Waals surface area contributed by atoms with Crippen LogP contribution in [-0.4, -0.2) is 38.7 Å². The molecule has 0 aromatic carbocycles. The average molecular weight is 284 g/mol. The maximum atomic E-state index is 11.3. The lowest BCUT2D eigenvalue weighted by molar-refractivity contribution is 0.288. The van der Waals surface area contributed by atoms with Crippen LogP contribution in [0.15, 0.2) is 5.38 Å². The smallest absolute Gasteiger partial charge is 0.0959 e. The van der Waals surface area contributed by atoms with Gasteiger partial charge in [0.25, 0.3) is 0 Å². The summed E-state index contributed by atoms with van der Waals surface area (Å²) in [6.07, 6.45) is 5.40. The van der Waals surface area contributed by atoms with E-state index in [-0.39, 0.29) is 0 Å². The number of hydrogen-bond donors (Lipinski definition) is 0. The van der Waals surface area contributed by atoms with E-state index in [2.05, 4.69) is 10.3 Å². The van der Waals surface area contributed by atoms with Crippen LogP contribution in [-0.2, 0) is 17.3 Å². The van der Waals surface area contributed by atoms with E-state index >= 15 is 0 Å². The molecule has 2 aliphatic rings. The quantitative estimate of drug-likeness (QED) is 0.854. The van der Waals surface area contributed by atoms with Crippen molar-refractivity contribution in [3.63, 3.8) is 0 Å². The van der Waals surface area contributed by atoms with Gasteiger partial charge in [0.05, 0.1) is 10.7 Å². The van der Waals surface area contributed by atoms with Gasteiger partial charge in [-0.1, -0.05) is 12.8 Å². The number of thiazole rings is 1. The monoisotopic (exact) mass is 284 g/mol. The molecule has 1 aliphatic carbocycles. The molecule has 0 radical (unpaired) electrons. The Kier molecular flexibility index (Phi) is 4.11. The number of rotatable bonds is 3. The molecule has 1 aliphatic heterocycles. The minimum absolute atomic E-state index is 0.575. The predicted octanol–water partition coefficient (Wildman–Crippen LogP) is 2.37. The van der Waals surface area contributed by atoms with Crippen LogP contribution in [0.2, 0.25) is 0 Å². The van der Waals surface area contributed by atoms with E-state index in [4.69, 9.17) is 4.98 Å². The Morgan fingerprint density at radius 2 is 2.06 bits per heavy atom. The number of aromatic nitrogens is 1. The van der Waals surface area contributed by atoms with Crippen LogP contribution >= 0.6 is 11.3 Å². The molecule has 2 fully saturated rings. The summed E-state index contributed by atoms with van der Waals surface area (Å²) in [5.74, 6) is 2.40. The molecule has 1 saturated carbocycles. The second-order valence-corrected chi connectivity index (χ2v) is 7.87. The highest BCUT2D eigenvalue weighted by Crippen LogP contribution is 2.35. The van der Waals surface area contributed by atoms with Gasteiger partial charge in [-0.05, 0) is 12.8 Å². The average Bonchev–Trinajstić information content (AvgIpc) is 3.02. The fourth-order valence-electron chi connectivity index (χ4n) is 2.82. The summed E-state index contributed by atoms with van der Waals surface area (Å²) >= 11 is 1.84. The van der Waals surface area contributed by atoms with Gasteiger partial charge in [-0.25, -0.2) is 4.98 Å². The minimum atomic E-state index is -0.575. The molecule has 0 N–H and O–H groups in total. The lowest BCUT2D eigenvalue weighted by atomic mass is 10.1. The van der Waals surface area contributed by atoms with E-state index in [1.807, 2.05) is 11.3 Å². The Labute approximate surface area is 115 Å². The van der Waals surface area contributed by atoms with Crippen LogP contribution in [0.25, 0.3) is 0 Å². The summed E-state index contributed by atoms with van der Waals surface area (Å²) in [4.78, 5) is 7.19. The predicted molar refractivity (Wildman–Crippen MR) is 76.5 cm³/mol. The molecule has 0 unspecified atom stereocenters. The molecule has 0 bridgehead atoms. The van der Waals surface area contributed by atoms with Crippen LogP contribution in [0, 0.1) is 0 Å². The molecule has 0 atom stereocenters. The molecule has 1 aromatic rings. The van der Waals surface area contributed by atoms with Gasteiger partial charge in [0, 0.05) is 53.2 Å².